The zero-order chi connectivity index (χ0) is 15.0. The fourth-order valence-electron chi connectivity index (χ4n) is 3.16. The van der Waals surface area contributed by atoms with Gasteiger partial charge >= 0.3 is 0 Å². The predicted octanol–water partition coefficient (Wildman–Crippen LogP) is 5.63. The Balaban J connectivity index is 2.70. The monoisotopic (exact) mass is 269 g/mol. The molecule has 0 unspecified atom stereocenters. The van der Waals surface area contributed by atoms with Gasteiger partial charge in [-0.1, -0.05) is 43.3 Å². The molecule has 0 spiro atoms. The van der Waals surface area contributed by atoms with Crippen molar-refractivity contribution < 1.29 is 0 Å². The molecule has 0 amide bonds. The topological polar surface area (TPSA) is 3.24 Å². The molecule has 2 aromatic rings. The molecule has 1 heteroatoms. The Hall–Kier alpha value is -1.50. The molecular weight excluding hydrogens is 242 g/mol. The Bertz CT molecular complexity index is 585. The van der Waals surface area contributed by atoms with Crippen molar-refractivity contribution in [1.29, 1.82) is 0 Å². The number of hydrogen-bond acceptors (Lipinski definition) is 1. The highest BCUT2D eigenvalue weighted by Crippen LogP contribution is 2.38. The predicted molar refractivity (Wildman–Crippen MR) is 90.6 cm³/mol. The quantitative estimate of drug-likeness (QED) is 0.697. The molecule has 0 bridgehead atoms. The number of benzene rings is 2. The van der Waals surface area contributed by atoms with Gasteiger partial charge in [0.2, 0.25) is 0 Å². The highest BCUT2D eigenvalue weighted by atomic mass is 15.2. The lowest BCUT2D eigenvalue weighted by atomic mass is 9.90. The van der Waals surface area contributed by atoms with Gasteiger partial charge in [-0.15, -0.1) is 0 Å². The van der Waals surface area contributed by atoms with Gasteiger partial charge in [0.05, 0.1) is 0 Å². The summed E-state index contributed by atoms with van der Waals surface area (Å²) in [7, 11) is 0. The van der Waals surface area contributed by atoms with E-state index in [9.17, 15) is 0 Å². The summed E-state index contributed by atoms with van der Waals surface area (Å²) >= 11 is 0. The van der Waals surface area contributed by atoms with Crippen LogP contribution < -0.4 is 4.90 Å². The molecule has 2 aromatic carbocycles. The Labute approximate surface area is 123 Å². The highest BCUT2D eigenvalue weighted by molar-refractivity contribution is 5.94. The van der Waals surface area contributed by atoms with Gasteiger partial charge in [0, 0.05) is 22.2 Å². The van der Waals surface area contributed by atoms with Crippen molar-refractivity contribution >= 4 is 16.5 Å². The summed E-state index contributed by atoms with van der Waals surface area (Å²) in [6.07, 6.45) is 1.12. The van der Waals surface area contributed by atoms with Crippen LogP contribution in [0.2, 0.25) is 0 Å². The first-order valence-corrected chi connectivity index (χ1v) is 7.55. The van der Waals surface area contributed by atoms with Crippen molar-refractivity contribution in [2.75, 3.05) is 4.90 Å². The molecule has 0 aliphatic rings. The third-order valence-electron chi connectivity index (χ3n) is 4.15. The van der Waals surface area contributed by atoms with Gasteiger partial charge in [-0.2, -0.15) is 0 Å². The number of fused-ring (bicyclic) bond motifs is 1. The van der Waals surface area contributed by atoms with Gasteiger partial charge in [0.15, 0.2) is 0 Å². The van der Waals surface area contributed by atoms with E-state index in [0.29, 0.717) is 0 Å². The van der Waals surface area contributed by atoms with Gasteiger partial charge in [-0.3, -0.25) is 0 Å². The molecule has 0 aromatic heterocycles. The van der Waals surface area contributed by atoms with Crippen LogP contribution in [0.1, 0.15) is 48.0 Å². The van der Waals surface area contributed by atoms with Gasteiger partial charge in [0.1, 0.15) is 0 Å². The second kappa shape index (κ2) is 5.12. The summed E-state index contributed by atoms with van der Waals surface area (Å²) in [5.74, 6) is 0. The summed E-state index contributed by atoms with van der Waals surface area (Å²) in [6.45, 7) is 13.8. The molecule has 108 valence electrons. The smallest absolute Gasteiger partial charge is 0.0454 e. The normalized spacial score (nSPS) is 12.7. The maximum atomic E-state index is 2.57. The zero-order valence-electron chi connectivity index (χ0n) is 13.7. The minimum atomic E-state index is 0.0869. The molecule has 0 atom stereocenters. The van der Waals surface area contributed by atoms with Crippen molar-refractivity contribution in [2.45, 2.75) is 59.0 Å². The minimum Gasteiger partial charge on any atom is -0.361 e. The summed E-state index contributed by atoms with van der Waals surface area (Å²) < 4.78 is 0. The first-order valence-electron chi connectivity index (χ1n) is 7.55. The minimum absolute atomic E-state index is 0.0869. The molecule has 2 rings (SSSR count). The number of nitrogens with zero attached hydrogens (tertiary/aromatic N) is 1. The van der Waals surface area contributed by atoms with E-state index in [4.69, 9.17) is 0 Å². The van der Waals surface area contributed by atoms with E-state index in [1.54, 1.807) is 0 Å². The van der Waals surface area contributed by atoms with Crippen LogP contribution in [0.25, 0.3) is 10.8 Å². The molecule has 0 aliphatic heterocycles. The van der Waals surface area contributed by atoms with E-state index in [1.807, 2.05) is 0 Å². The molecule has 0 saturated heterocycles. The van der Waals surface area contributed by atoms with Crippen LogP contribution >= 0.6 is 0 Å². The van der Waals surface area contributed by atoms with E-state index < -0.39 is 0 Å². The van der Waals surface area contributed by atoms with Crippen LogP contribution in [0.3, 0.4) is 0 Å². The van der Waals surface area contributed by atoms with Gasteiger partial charge < -0.3 is 4.90 Å². The van der Waals surface area contributed by atoms with Crippen LogP contribution in [-0.2, 0) is 0 Å². The summed E-state index contributed by atoms with van der Waals surface area (Å²) in [6, 6.07) is 15.3. The van der Waals surface area contributed by atoms with Gasteiger partial charge in [-0.25, -0.2) is 0 Å². The van der Waals surface area contributed by atoms with Gasteiger partial charge in [-0.05, 0) is 52.5 Å². The molecular formula is C19H27N. The largest absolute Gasteiger partial charge is 0.361 e. The average Bonchev–Trinajstić information content (AvgIpc) is 2.37. The van der Waals surface area contributed by atoms with Crippen LogP contribution in [-0.4, -0.2) is 11.1 Å². The Kier molecular flexibility index (Phi) is 3.82. The SMILES string of the molecule is CCC(C)(C)N(c1cccc2ccccc12)C(C)(C)C. The highest BCUT2D eigenvalue weighted by Gasteiger charge is 2.34. The molecule has 0 aliphatic carbocycles. The Morgan fingerprint density at radius 2 is 1.45 bits per heavy atom. The lowest BCUT2D eigenvalue weighted by Gasteiger charge is -2.49. The van der Waals surface area contributed by atoms with Crippen molar-refractivity contribution in [3.05, 3.63) is 42.5 Å². The maximum Gasteiger partial charge on any atom is 0.0454 e. The van der Waals surface area contributed by atoms with Crippen LogP contribution in [0.15, 0.2) is 42.5 Å². The number of rotatable bonds is 3. The van der Waals surface area contributed by atoms with Crippen LogP contribution in [0.5, 0.6) is 0 Å². The molecule has 0 N–H and O–H groups in total. The van der Waals surface area contributed by atoms with E-state index >= 15 is 0 Å². The first kappa shape index (κ1) is 14.9. The van der Waals surface area contributed by atoms with Crippen molar-refractivity contribution in [3.8, 4) is 0 Å². The van der Waals surface area contributed by atoms with Crippen LogP contribution in [0, 0.1) is 0 Å². The Morgan fingerprint density at radius 3 is 2.05 bits per heavy atom. The van der Waals surface area contributed by atoms with E-state index in [2.05, 4.69) is 88.9 Å². The Morgan fingerprint density at radius 1 is 0.850 bits per heavy atom. The zero-order valence-corrected chi connectivity index (χ0v) is 13.7. The van der Waals surface area contributed by atoms with E-state index in [0.717, 1.165) is 6.42 Å². The summed E-state index contributed by atoms with van der Waals surface area (Å²) in [4.78, 5) is 2.57. The third-order valence-corrected chi connectivity index (χ3v) is 4.15. The lowest BCUT2D eigenvalue weighted by molar-refractivity contribution is 0.350. The first-order chi connectivity index (χ1) is 9.27. The average molecular weight is 269 g/mol. The lowest BCUT2D eigenvalue weighted by Crippen LogP contribution is -2.54. The molecule has 0 fully saturated rings. The fraction of sp³-hybridized carbons (Fsp3) is 0.474. The number of anilines is 1. The third kappa shape index (κ3) is 2.67. The van der Waals surface area contributed by atoms with E-state index in [1.165, 1.54) is 16.5 Å². The van der Waals surface area contributed by atoms with Crippen molar-refractivity contribution in [2.24, 2.45) is 0 Å². The maximum absolute atomic E-state index is 2.57. The molecule has 1 nitrogen and oxygen atoms in total. The summed E-state index contributed by atoms with van der Waals surface area (Å²) in [5, 5.41) is 2.65. The second-order valence-corrected chi connectivity index (χ2v) is 7.17. The van der Waals surface area contributed by atoms with Crippen LogP contribution in [0.4, 0.5) is 5.69 Å². The number of hydrogen-bond donors (Lipinski definition) is 0. The molecule has 0 saturated carbocycles. The van der Waals surface area contributed by atoms with Gasteiger partial charge in [0.25, 0.3) is 0 Å². The second-order valence-electron chi connectivity index (χ2n) is 7.17. The standard InChI is InChI=1S/C19H27N/c1-7-19(5,6)20(18(2,3)4)17-14-10-12-15-11-8-9-13-16(15)17/h8-14H,7H2,1-6H3. The molecule has 0 heterocycles. The van der Waals surface area contributed by atoms with E-state index in [-0.39, 0.29) is 11.1 Å². The summed E-state index contributed by atoms with van der Waals surface area (Å²) in [5.41, 5.74) is 1.55. The van der Waals surface area contributed by atoms with Crippen molar-refractivity contribution in [1.82, 2.24) is 0 Å². The fourth-order valence-corrected chi connectivity index (χ4v) is 3.16. The van der Waals surface area contributed by atoms with Crippen molar-refractivity contribution in [3.63, 3.8) is 0 Å². The molecule has 0 radical (unpaired) electrons. The molecule has 20 heavy (non-hydrogen) atoms.